The lowest BCUT2D eigenvalue weighted by Gasteiger charge is -2.27. The average molecular weight is 671 g/mol. The molecular weight excluding hydrogens is 626 g/mol. The molecule has 3 aromatic rings. The molecule has 0 saturated heterocycles. The normalized spacial score (nSPS) is 18.0. The number of rotatable bonds is 14. The molecule has 5 rings (SSSR count). The summed E-state index contributed by atoms with van der Waals surface area (Å²) in [7, 11) is 0. The third kappa shape index (κ3) is 8.12. The van der Waals surface area contributed by atoms with Crippen molar-refractivity contribution in [1.29, 1.82) is 0 Å². The lowest BCUT2D eigenvalue weighted by atomic mass is 9.79. The van der Waals surface area contributed by atoms with Crippen LogP contribution in [0.4, 0.5) is 26.3 Å². The Hall–Kier alpha value is -3.68. The molecule has 0 spiro atoms. The molecule has 2 aliphatic carbocycles. The number of benzene rings is 3. The van der Waals surface area contributed by atoms with Crippen LogP contribution in [0.2, 0.25) is 0 Å². The summed E-state index contributed by atoms with van der Waals surface area (Å²) < 4.78 is 100. The van der Waals surface area contributed by atoms with Crippen LogP contribution in [-0.4, -0.2) is 13.2 Å². The second-order valence-corrected chi connectivity index (χ2v) is 13.0. The Balaban J connectivity index is 1.16. The highest BCUT2D eigenvalue weighted by Crippen LogP contribution is 2.40. The van der Waals surface area contributed by atoms with Gasteiger partial charge in [-0.15, -0.1) is 0 Å². The molecule has 3 aromatic carbocycles. The van der Waals surface area contributed by atoms with Gasteiger partial charge in [0.25, 0.3) is 0 Å². The summed E-state index contributed by atoms with van der Waals surface area (Å²) in [4.78, 5) is 0. The molecule has 0 aromatic heterocycles. The highest BCUT2D eigenvalue weighted by Gasteiger charge is 2.26. The second kappa shape index (κ2) is 16.6. The zero-order chi connectivity index (χ0) is 34.2. The monoisotopic (exact) mass is 670 g/mol. The lowest BCUT2D eigenvalue weighted by Crippen LogP contribution is -2.12. The lowest BCUT2D eigenvalue weighted by molar-refractivity contribution is 0.288. The molecule has 2 atom stereocenters. The maximum absolute atomic E-state index is 15.3. The van der Waals surface area contributed by atoms with E-state index in [0.717, 1.165) is 63.4 Å². The molecule has 2 nitrogen and oxygen atoms in total. The SMILES string of the molecule is CCCCOc1ccc(C2=CCC(CCC3CC=C(c4ccc(-c5ccc(OCCCC)c(F)c5F)c(F)c4F)CC3)CC2)c(F)c1F. The van der Waals surface area contributed by atoms with E-state index in [1.54, 1.807) is 6.07 Å². The van der Waals surface area contributed by atoms with Crippen LogP contribution >= 0.6 is 0 Å². The highest BCUT2D eigenvalue weighted by atomic mass is 19.2. The Morgan fingerprint density at radius 2 is 0.896 bits per heavy atom. The van der Waals surface area contributed by atoms with Crippen molar-refractivity contribution in [1.82, 2.24) is 0 Å². The first-order chi connectivity index (χ1) is 23.2. The minimum absolute atomic E-state index is 0.0461. The number of unbranched alkanes of at least 4 members (excludes halogenated alkanes) is 2. The molecule has 2 unspecified atom stereocenters. The second-order valence-electron chi connectivity index (χ2n) is 13.0. The van der Waals surface area contributed by atoms with Crippen LogP contribution in [-0.2, 0) is 0 Å². The summed E-state index contributed by atoms with van der Waals surface area (Å²) in [5.74, 6) is -6.01. The molecule has 0 aliphatic heterocycles. The van der Waals surface area contributed by atoms with Crippen molar-refractivity contribution in [3.05, 3.63) is 94.6 Å². The fourth-order valence-electron chi connectivity index (χ4n) is 6.66. The van der Waals surface area contributed by atoms with Gasteiger partial charge in [0, 0.05) is 22.3 Å². The molecule has 2 aliphatic rings. The predicted octanol–water partition coefficient (Wildman–Crippen LogP) is 12.4. The van der Waals surface area contributed by atoms with Crippen molar-refractivity contribution >= 4 is 11.1 Å². The third-order valence-corrected chi connectivity index (χ3v) is 9.69. The molecule has 0 bridgehead atoms. The molecule has 0 heterocycles. The van der Waals surface area contributed by atoms with Crippen molar-refractivity contribution in [2.45, 2.75) is 90.9 Å². The van der Waals surface area contributed by atoms with E-state index in [-0.39, 0.29) is 34.8 Å². The molecule has 0 radical (unpaired) electrons. The number of hydrogen-bond acceptors (Lipinski definition) is 2. The molecule has 0 N–H and O–H groups in total. The van der Waals surface area contributed by atoms with E-state index in [1.807, 2.05) is 26.0 Å². The van der Waals surface area contributed by atoms with Gasteiger partial charge in [0.05, 0.1) is 13.2 Å². The van der Waals surface area contributed by atoms with Crippen molar-refractivity contribution < 1.29 is 35.8 Å². The molecule has 8 heteroatoms. The van der Waals surface area contributed by atoms with Crippen molar-refractivity contribution in [3.63, 3.8) is 0 Å². The van der Waals surface area contributed by atoms with Gasteiger partial charge in [0.2, 0.25) is 11.6 Å². The maximum atomic E-state index is 15.3. The Bertz CT molecular complexity index is 1650. The van der Waals surface area contributed by atoms with Crippen LogP contribution in [0, 0.1) is 46.7 Å². The standard InChI is InChI=1S/C40H44F6O2/c1-3-5-23-47-33-21-19-30(36(42)39(33)45)28-15-11-26(12-16-28)8-7-25-9-13-27(14-10-25)29-17-18-31(37(43)35(29)41)32-20-22-34(40(46)38(32)44)48-24-6-4-2/h13,15,17-22,25-26H,3-12,14,16,23-24H2,1-2H3. The van der Waals surface area contributed by atoms with Gasteiger partial charge in [-0.25, -0.2) is 17.6 Å². The minimum Gasteiger partial charge on any atom is -0.490 e. The quantitative estimate of drug-likeness (QED) is 0.126. The summed E-state index contributed by atoms with van der Waals surface area (Å²) in [5, 5.41) is 0. The number of allylic oxidation sites excluding steroid dienone is 4. The zero-order valence-electron chi connectivity index (χ0n) is 27.8. The van der Waals surface area contributed by atoms with Gasteiger partial charge in [-0.2, -0.15) is 8.78 Å². The number of halogens is 6. The maximum Gasteiger partial charge on any atom is 0.201 e. The van der Waals surface area contributed by atoms with E-state index in [0.29, 0.717) is 48.8 Å². The van der Waals surface area contributed by atoms with E-state index >= 15 is 8.78 Å². The Morgan fingerprint density at radius 3 is 1.33 bits per heavy atom. The van der Waals surface area contributed by atoms with Crippen molar-refractivity contribution in [2.24, 2.45) is 11.8 Å². The molecule has 0 amide bonds. The van der Waals surface area contributed by atoms with Crippen molar-refractivity contribution in [3.8, 4) is 22.6 Å². The minimum atomic E-state index is -1.28. The van der Waals surface area contributed by atoms with Crippen LogP contribution < -0.4 is 9.47 Å². The summed E-state index contributed by atoms with van der Waals surface area (Å²) in [5.41, 5.74) is 1.29. The number of hydrogen-bond donors (Lipinski definition) is 0. The average Bonchev–Trinajstić information content (AvgIpc) is 3.10. The van der Waals surface area contributed by atoms with Gasteiger partial charge in [0.1, 0.15) is 0 Å². The Labute approximate surface area is 279 Å². The number of ether oxygens (including phenoxy) is 2. The van der Waals surface area contributed by atoms with Crippen LogP contribution in [0.15, 0.2) is 48.6 Å². The molecule has 0 fully saturated rings. The van der Waals surface area contributed by atoms with Crippen LogP contribution in [0.25, 0.3) is 22.3 Å². The smallest absolute Gasteiger partial charge is 0.201 e. The molecule has 48 heavy (non-hydrogen) atoms. The van der Waals surface area contributed by atoms with Gasteiger partial charge >= 0.3 is 0 Å². The topological polar surface area (TPSA) is 18.5 Å². The molecular formula is C40H44F6O2. The van der Waals surface area contributed by atoms with E-state index in [2.05, 4.69) is 0 Å². The Morgan fingerprint density at radius 1 is 0.521 bits per heavy atom. The van der Waals surface area contributed by atoms with Gasteiger partial charge in [0.15, 0.2) is 34.8 Å². The summed E-state index contributed by atoms with van der Waals surface area (Å²) in [6.07, 6.45) is 13.7. The van der Waals surface area contributed by atoms with Gasteiger partial charge in [-0.3, -0.25) is 0 Å². The zero-order valence-corrected chi connectivity index (χ0v) is 27.8. The van der Waals surface area contributed by atoms with Crippen molar-refractivity contribution in [2.75, 3.05) is 13.2 Å². The summed E-state index contributed by atoms with van der Waals surface area (Å²) >= 11 is 0. The van der Waals surface area contributed by atoms with Gasteiger partial charge < -0.3 is 9.47 Å². The van der Waals surface area contributed by atoms with E-state index < -0.39 is 34.9 Å². The van der Waals surface area contributed by atoms with E-state index in [1.165, 1.54) is 30.3 Å². The fraction of sp³-hybridized carbons (Fsp3) is 0.450. The molecule has 0 saturated carbocycles. The first kappa shape index (κ1) is 35.6. The largest absolute Gasteiger partial charge is 0.490 e. The first-order valence-electron chi connectivity index (χ1n) is 17.3. The predicted molar refractivity (Wildman–Crippen MR) is 179 cm³/mol. The summed E-state index contributed by atoms with van der Waals surface area (Å²) in [6, 6.07) is 8.32. The Kier molecular flexibility index (Phi) is 12.3. The van der Waals surface area contributed by atoms with Crippen LogP contribution in [0.1, 0.15) is 102 Å². The molecule has 258 valence electrons. The van der Waals surface area contributed by atoms with Gasteiger partial charge in [-0.1, -0.05) is 51.0 Å². The van der Waals surface area contributed by atoms with E-state index in [4.69, 9.17) is 9.47 Å². The van der Waals surface area contributed by atoms with Crippen LogP contribution in [0.3, 0.4) is 0 Å². The highest BCUT2D eigenvalue weighted by molar-refractivity contribution is 5.73. The fourth-order valence-corrected chi connectivity index (χ4v) is 6.66. The summed E-state index contributed by atoms with van der Waals surface area (Å²) in [6.45, 7) is 4.54. The van der Waals surface area contributed by atoms with E-state index in [9.17, 15) is 17.6 Å². The first-order valence-corrected chi connectivity index (χ1v) is 17.3. The third-order valence-electron chi connectivity index (χ3n) is 9.69. The van der Waals surface area contributed by atoms with Gasteiger partial charge in [-0.05, 0) is 111 Å². The van der Waals surface area contributed by atoms with Crippen LogP contribution in [0.5, 0.6) is 11.5 Å².